The number of nitrogens with zero attached hydrogens (tertiary/aromatic N) is 3. The predicted octanol–water partition coefficient (Wildman–Crippen LogP) is 4.38. The van der Waals surface area contributed by atoms with Crippen LogP contribution in [0, 0.1) is 0 Å². The van der Waals surface area contributed by atoms with E-state index >= 15 is 0 Å². The molecule has 0 aliphatic carbocycles. The normalized spacial score (nSPS) is 12.0. The summed E-state index contributed by atoms with van der Waals surface area (Å²) in [5.74, 6) is 1.68. The highest BCUT2D eigenvalue weighted by Gasteiger charge is 2.09. The topological polar surface area (TPSA) is 67.8 Å². The summed E-state index contributed by atoms with van der Waals surface area (Å²) in [6.07, 6.45) is 4.17. The van der Waals surface area contributed by atoms with Gasteiger partial charge in [0.05, 0.1) is 0 Å². The lowest BCUT2D eigenvalue weighted by atomic mass is 10.2. The summed E-state index contributed by atoms with van der Waals surface area (Å²) in [5, 5.41) is 3.90. The largest absolute Gasteiger partial charge is 0.340 e. The van der Waals surface area contributed by atoms with E-state index in [0.717, 1.165) is 29.1 Å². The van der Waals surface area contributed by atoms with E-state index in [-0.39, 0.29) is 0 Å². The Labute approximate surface area is 160 Å². The molecule has 0 spiro atoms. The Morgan fingerprint density at radius 3 is 2.69 bits per heavy atom. The molecule has 1 aromatic carbocycles. The Morgan fingerprint density at radius 2 is 2.00 bits per heavy atom. The monoisotopic (exact) mass is 386 g/mol. The molecule has 0 amide bonds. The molecule has 7 heteroatoms. The van der Waals surface area contributed by atoms with Crippen molar-refractivity contribution in [2.75, 3.05) is 11.6 Å². The lowest BCUT2D eigenvalue weighted by Crippen LogP contribution is -2.02. The SMILES string of the molecule is CCc1cc(Nc2ccc(Cl)c(CS(C)=O)c2)nc(-c2ccccn2)n1. The summed E-state index contributed by atoms with van der Waals surface area (Å²) in [5.41, 5.74) is 3.32. The van der Waals surface area contributed by atoms with Crippen molar-refractivity contribution in [1.29, 1.82) is 0 Å². The van der Waals surface area contributed by atoms with Crippen LogP contribution in [0.3, 0.4) is 0 Å². The van der Waals surface area contributed by atoms with Gasteiger partial charge in [-0.1, -0.05) is 24.6 Å². The van der Waals surface area contributed by atoms with E-state index < -0.39 is 10.8 Å². The van der Waals surface area contributed by atoms with Crippen LogP contribution in [-0.4, -0.2) is 25.4 Å². The van der Waals surface area contributed by atoms with Crippen molar-refractivity contribution >= 4 is 33.9 Å². The van der Waals surface area contributed by atoms with Gasteiger partial charge >= 0.3 is 0 Å². The molecule has 0 aliphatic heterocycles. The fourth-order valence-corrected chi connectivity index (χ4v) is 3.42. The predicted molar refractivity (Wildman–Crippen MR) is 107 cm³/mol. The minimum absolute atomic E-state index is 0.414. The Kier molecular flexibility index (Phi) is 5.96. The quantitative estimate of drug-likeness (QED) is 0.681. The van der Waals surface area contributed by atoms with Crippen LogP contribution in [-0.2, 0) is 23.0 Å². The van der Waals surface area contributed by atoms with Gasteiger partial charge in [0.2, 0.25) is 0 Å². The first-order chi connectivity index (χ1) is 12.5. The van der Waals surface area contributed by atoms with Gasteiger partial charge in [-0.25, -0.2) is 9.97 Å². The van der Waals surface area contributed by atoms with E-state index in [9.17, 15) is 4.21 Å². The van der Waals surface area contributed by atoms with Gasteiger partial charge in [-0.05, 0) is 42.3 Å². The maximum atomic E-state index is 11.5. The second-order valence-corrected chi connectivity index (χ2v) is 7.63. The number of benzene rings is 1. The highest BCUT2D eigenvalue weighted by molar-refractivity contribution is 7.83. The highest BCUT2D eigenvalue weighted by Crippen LogP contribution is 2.25. The number of anilines is 2. The molecule has 0 saturated carbocycles. The fraction of sp³-hybridized carbons (Fsp3) is 0.211. The smallest absolute Gasteiger partial charge is 0.180 e. The molecule has 26 heavy (non-hydrogen) atoms. The summed E-state index contributed by atoms with van der Waals surface area (Å²) >= 11 is 6.20. The van der Waals surface area contributed by atoms with E-state index in [1.165, 1.54) is 0 Å². The van der Waals surface area contributed by atoms with Gasteiger partial charge < -0.3 is 5.32 Å². The van der Waals surface area contributed by atoms with Crippen molar-refractivity contribution in [2.45, 2.75) is 19.1 Å². The molecule has 134 valence electrons. The van der Waals surface area contributed by atoms with E-state index in [2.05, 4.69) is 20.3 Å². The number of hydrogen-bond donors (Lipinski definition) is 1. The third-order valence-corrected chi connectivity index (χ3v) is 4.80. The maximum Gasteiger partial charge on any atom is 0.180 e. The molecule has 1 atom stereocenters. The minimum Gasteiger partial charge on any atom is -0.340 e. The number of aryl methyl sites for hydroxylation is 1. The zero-order valence-electron chi connectivity index (χ0n) is 14.6. The molecule has 0 radical (unpaired) electrons. The molecule has 5 nitrogen and oxygen atoms in total. The van der Waals surface area contributed by atoms with Gasteiger partial charge in [0.25, 0.3) is 0 Å². The molecule has 1 unspecified atom stereocenters. The lowest BCUT2D eigenvalue weighted by Gasteiger charge is -2.11. The van der Waals surface area contributed by atoms with Crippen LogP contribution in [0.4, 0.5) is 11.5 Å². The second-order valence-electron chi connectivity index (χ2n) is 5.79. The first-order valence-electron chi connectivity index (χ1n) is 8.20. The number of hydrogen-bond acceptors (Lipinski definition) is 5. The first kappa shape index (κ1) is 18.5. The summed E-state index contributed by atoms with van der Waals surface area (Å²) in [4.78, 5) is 13.5. The molecule has 3 aromatic rings. The molecular weight excluding hydrogens is 368 g/mol. The van der Waals surface area contributed by atoms with Crippen LogP contribution >= 0.6 is 11.6 Å². The number of nitrogens with one attached hydrogen (secondary N) is 1. The standard InChI is InChI=1S/C19H19ClN4OS/c1-3-14-11-18(24-19(23-14)17-6-4-5-9-21-17)22-15-7-8-16(20)13(10-15)12-26(2)25/h4-11H,3,12H2,1-2H3,(H,22,23,24). The Balaban J connectivity index is 1.93. The Morgan fingerprint density at radius 1 is 1.15 bits per heavy atom. The molecular formula is C19H19ClN4OS. The molecule has 1 N–H and O–H groups in total. The molecule has 3 rings (SSSR count). The van der Waals surface area contributed by atoms with E-state index in [4.69, 9.17) is 11.6 Å². The van der Waals surface area contributed by atoms with Crippen LogP contribution in [0.5, 0.6) is 0 Å². The van der Waals surface area contributed by atoms with Gasteiger partial charge in [-0.15, -0.1) is 0 Å². The third kappa shape index (κ3) is 4.65. The van der Waals surface area contributed by atoms with Crippen LogP contribution in [0.1, 0.15) is 18.2 Å². The van der Waals surface area contributed by atoms with Gasteiger partial charge in [-0.3, -0.25) is 9.19 Å². The average molecular weight is 387 g/mol. The second kappa shape index (κ2) is 8.38. The summed E-state index contributed by atoms with van der Waals surface area (Å²) in [6, 6.07) is 13.1. The van der Waals surface area contributed by atoms with E-state index in [1.54, 1.807) is 18.5 Å². The van der Waals surface area contributed by atoms with Crippen molar-refractivity contribution in [3.63, 3.8) is 0 Å². The van der Waals surface area contributed by atoms with Crippen molar-refractivity contribution in [1.82, 2.24) is 15.0 Å². The molecule has 0 saturated heterocycles. The zero-order chi connectivity index (χ0) is 18.5. The number of halogens is 1. The van der Waals surface area contributed by atoms with Gasteiger partial charge in [0, 0.05) is 51.5 Å². The number of rotatable bonds is 6. The number of pyridine rings is 1. The minimum atomic E-state index is -0.961. The summed E-state index contributed by atoms with van der Waals surface area (Å²) in [7, 11) is -0.961. The van der Waals surface area contributed by atoms with Gasteiger partial charge in [0.15, 0.2) is 5.82 Å². The van der Waals surface area contributed by atoms with Crippen molar-refractivity contribution in [3.05, 3.63) is 64.9 Å². The highest BCUT2D eigenvalue weighted by atomic mass is 35.5. The van der Waals surface area contributed by atoms with Crippen LogP contribution in [0.2, 0.25) is 5.02 Å². The van der Waals surface area contributed by atoms with Crippen molar-refractivity contribution < 1.29 is 4.21 Å². The maximum absolute atomic E-state index is 11.5. The van der Waals surface area contributed by atoms with Gasteiger partial charge in [0.1, 0.15) is 11.5 Å². The van der Waals surface area contributed by atoms with Crippen molar-refractivity contribution in [3.8, 4) is 11.5 Å². The fourth-order valence-electron chi connectivity index (χ4n) is 2.48. The van der Waals surface area contributed by atoms with Crippen LogP contribution in [0.15, 0.2) is 48.7 Å². The van der Waals surface area contributed by atoms with Crippen molar-refractivity contribution in [2.24, 2.45) is 0 Å². The summed E-state index contributed by atoms with van der Waals surface area (Å²) < 4.78 is 11.5. The first-order valence-corrected chi connectivity index (χ1v) is 10.3. The molecule has 0 aliphatic rings. The van der Waals surface area contributed by atoms with Gasteiger partial charge in [-0.2, -0.15) is 0 Å². The Bertz CT molecular complexity index is 934. The Hall–Kier alpha value is -2.31. The van der Waals surface area contributed by atoms with Crippen LogP contribution in [0.25, 0.3) is 11.5 Å². The summed E-state index contributed by atoms with van der Waals surface area (Å²) in [6.45, 7) is 2.05. The lowest BCUT2D eigenvalue weighted by molar-refractivity contribution is 0.686. The van der Waals surface area contributed by atoms with E-state index in [0.29, 0.717) is 22.4 Å². The van der Waals surface area contributed by atoms with Crippen LogP contribution < -0.4 is 5.32 Å². The molecule has 0 bridgehead atoms. The average Bonchev–Trinajstić information content (AvgIpc) is 2.64. The number of aromatic nitrogens is 3. The molecule has 2 aromatic heterocycles. The van der Waals surface area contributed by atoms with E-state index in [1.807, 2.05) is 43.3 Å². The zero-order valence-corrected chi connectivity index (χ0v) is 16.1. The third-order valence-electron chi connectivity index (χ3n) is 3.71. The molecule has 0 fully saturated rings. The molecule has 2 heterocycles.